The first-order chi connectivity index (χ1) is 9.44. The van der Waals surface area contributed by atoms with Crippen LogP contribution >= 0.6 is 0 Å². The monoisotopic (exact) mass is 284 g/mol. The van der Waals surface area contributed by atoms with Crippen LogP contribution in [0.25, 0.3) is 0 Å². The highest BCUT2D eigenvalue weighted by Crippen LogP contribution is 2.29. The van der Waals surface area contributed by atoms with Crippen molar-refractivity contribution >= 4 is 0 Å². The summed E-state index contributed by atoms with van der Waals surface area (Å²) in [7, 11) is 0. The van der Waals surface area contributed by atoms with Crippen LogP contribution in [0.3, 0.4) is 0 Å². The van der Waals surface area contributed by atoms with E-state index < -0.39 is 0 Å². The van der Waals surface area contributed by atoms with Gasteiger partial charge in [-0.05, 0) is 50.1 Å². The molecule has 0 radical (unpaired) electrons. The molecule has 1 atom stereocenters. The van der Waals surface area contributed by atoms with Crippen LogP contribution in [0, 0.1) is 11.3 Å². The maximum atomic E-state index is 9.22. The average molecular weight is 284 g/mol. The Morgan fingerprint density at radius 2 is 1.60 bits per heavy atom. The van der Waals surface area contributed by atoms with E-state index in [2.05, 4.69) is 37.5 Å². The summed E-state index contributed by atoms with van der Waals surface area (Å²) in [5, 5.41) is 9.22. The lowest BCUT2D eigenvalue weighted by Crippen LogP contribution is -2.46. The number of aliphatic hydroxyl groups excluding tert-OH is 1. The minimum Gasteiger partial charge on any atom is -0.396 e. The van der Waals surface area contributed by atoms with Crippen molar-refractivity contribution in [2.45, 2.75) is 53.4 Å². The normalized spacial score (nSPS) is 20.2. The lowest BCUT2D eigenvalue weighted by atomic mass is 9.81. The van der Waals surface area contributed by atoms with Gasteiger partial charge in [0.15, 0.2) is 0 Å². The zero-order valence-electron chi connectivity index (χ0n) is 14.2. The summed E-state index contributed by atoms with van der Waals surface area (Å²) in [6.07, 6.45) is 4.76. The minimum atomic E-state index is 0.343. The van der Waals surface area contributed by atoms with Gasteiger partial charge in [-0.15, -0.1) is 0 Å². The van der Waals surface area contributed by atoms with Gasteiger partial charge >= 0.3 is 0 Å². The molecule has 3 heteroatoms. The highest BCUT2D eigenvalue weighted by Gasteiger charge is 2.19. The molecule has 0 aliphatic carbocycles. The summed E-state index contributed by atoms with van der Waals surface area (Å²) in [5.41, 5.74) is 0.382. The van der Waals surface area contributed by atoms with Crippen LogP contribution in [0.15, 0.2) is 0 Å². The van der Waals surface area contributed by atoms with E-state index in [-0.39, 0.29) is 0 Å². The number of piperazine rings is 1. The van der Waals surface area contributed by atoms with Crippen molar-refractivity contribution in [3.8, 4) is 0 Å². The van der Waals surface area contributed by atoms with E-state index in [4.69, 9.17) is 0 Å². The fourth-order valence-electron chi connectivity index (χ4n) is 3.33. The third-order valence-corrected chi connectivity index (χ3v) is 4.44. The first-order valence-corrected chi connectivity index (χ1v) is 8.50. The Kier molecular flexibility index (Phi) is 8.08. The molecular weight excluding hydrogens is 248 g/mol. The van der Waals surface area contributed by atoms with Crippen LogP contribution in [0.1, 0.15) is 53.4 Å². The molecule has 1 aliphatic rings. The van der Waals surface area contributed by atoms with Gasteiger partial charge in [-0.2, -0.15) is 0 Å². The first-order valence-electron chi connectivity index (χ1n) is 8.50. The molecule has 1 fully saturated rings. The van der Waals surface area contributed by atoms with Gasteiger partial charge in [0.2, 0.25) is 0 Å². The zero-order valence-corrected chi connectivity index (χ0v) is 14.2. The van der Waals surface area contributed by atoms with E-state index in [1.54, 1.807) is 0 Å². The van der Waals surface area contributed by atoms with E-state index in [1.807, 2.05) is 0 Å². The maximum absolute atomic E-state index is 9.22. The average Bonchev–Trinajstić information content (AvgIpc) is 2.38. The lowest BCUT2D eigenvalue weighted by Gasteiger charge is -2.34. The van der Waals surface area contributed by atoms with Gasteiger partial charge in [-0.3, -0.25) is 0 Å². The smallest absolute Gasteiger partial charge is 0.0433 e. The molecule has 1 aliphatic heterocycles. The van der Waals surface area contributed by atoms with Gasteiger partial charge in [-0.25, -0.2) is 0 Å². The maximum Gasteiger partial charge on any atom is 0.0433 e. The number of hydrogen-bond donors (Lipinski definition) is 1. The topological polar surface area (TPSA) is 26.7 Å². The summed E-state index contributed by atoms with van der Waals surface area (Å²) in [6.45, 7) is 16.9. The van der Waals surface area contributed by atoms with Crippen LogP contribution in [0.5, 0.6) is 0 Å². The van der Waals surface area contributed by atoms with Crippen molar-refractivity contribution < 1.29 is 5.11 Å². The Morgan fingerprint density at radius 1 is 1.00 bits per heavy atom. The summed E-state index contributed by atoms with van der Waals surface area (Å²) in [4.78, 5) is 5.14. The molecular formula is C17H36N2O. The fraction of sp³-hybridized carbons (Fsp3) is 1.00. The third-order valence-electron chi connectivity index (χ3n) is 4.44. The fourth-order valence-corrected chi connectivity index (χ4v) is 3.33. The molecule has 0 spiro atoms. The summed E-state index contributed by atoms with van der Waals surface area (Å²) < 4.78 is 0. The lowest BCUT2D eigenvalue weighted by molar-refractivity contribution is 0.131. The van der Waals surface area contributed by atoms with Crippen molar-refractivity contribution in [3.05, 3.63) is 0 Å². The van der Waals surface area contributed by atoms with E-state index in [9.17, 15) is 5.11 Å². The van der Waals surface area contributed by atoms with Gasteiger partial charge in [0.1, 0.15) is 0 Å². The molecule has 0 aromatic heterocycles. The van der Waals surface area contributed by atoms with Gasteiger partial charge in [0, 0.05) is 32.8 Å². The number of rotatable bonds is 8. The number of aliphatic hydroxyl groups is 1. The van der Waals surface area contributed by atoms with Crippen molar-refractivity contribution in [2.24, 2.45) is 11.3 Å². The molecule has 0 unspecified atom stereocenters. The van der Waals surface area contributed by atoms with Gasteiger partial charge in [-0.1, -0.05) is 27.7 Å². The molecule has 0 saturated carbocycles. The Labute approximate surface area is 126 Å². The standard InChI is InChI=1S/C17H36N2O/c1-5-18-10-12-19(13-11-18)9-6-7-16(8-14-20)15-17(2,3)4/h16,20H,5-15H2,1-4H3/t16-/m0/s1. The molecule has 0 amide bonds. The molecule has 0 aromatic rings. The highest BCUT2D eigenvalue weighted by molar-refractivity contribution is 4.73. The van der Waals surface area contributed by atoms with Crippen molar-refractivity contribution in [2.75, 3.05) is 45.9 Å². The molecule has 20 heavy (non-hydrogen) atoms. The van der Waals surface area contributed by atoms with Gasteiger partial charge in [0.25, 0.3) is 0 Å². The van der Waals surface area contributed by atoms with Crippen LogP contribution in [-0.2, 0) is 0 Å². The Hall–Kier alpha value is -0.120. The summed E-state index contributed by atoms with van der Waals surface area (Å²) in [6, 6.07) is 0. The van der Waals surface area contributed by atoms with E-state index in [0.717, 1.165) is 6.42 Å². The minimum absolute atomic E-state index is 0.343. The number of likely N-dealkylation sites (N-methyl/N-ethyl adjacent to an activating group) is 1. The molecule has 1 N–H and O–H groups in total. The van der Waals surface area contributed by atoms with Crippen molar-refractivity contribution in [1.29, 1.82) is 0 Å². The number of nitrogens with zero attached hydrogens (tertiary/aromatic N) is 2. The molecule has 0 aromatic carbocycles. The van der Waals surface area contributed by atoms with Crippen molar-refractivity contribution in [1.82, 2.24) is 9.80 Å². The molecule has 1 saturated heterocycles. The van der Waals surface area contributed by atoms with Gasteiger partial charge < -0.3 is 14.9 Å². The Bertz CT molecular complexity index is 242. The van der Waals surface area contributed by atoms with E-state index >= 15 is 0 Å². The Morgan fingerprint density at radius 3 is 2.10 bits per heavy atom. The second kappa shape index (κ2) is 9.01. The largest absolute Gasteiger partial charge is 0.396 e. The zero-order chi connectivity index (χ0) is 15.0. The molecule has 3 nitrogen and oxygen atoms in total. The van der Waals surface area contributed by atoms with Crippen LogP contribution in [0.2, 0.25) is 0 Å². The molecule has 0 bridgehead atoms. The predicted molar refractivity (Wildman–Crippen MR) is 87.1 cm³/mol. The molecule has 120 valence electrons. The van der Waals surface area contributed by atoms with Crippen molar-refractivity contribution in [3.63, 3.8) is 0 Å². The van der Waals surface area contributed by atoms with E-state index in [1.165, 1.54) is 58.5 Å². The Balaban J connectivity index is 2.20. The van der Waals surface area contributed by atoms with Crippen LogP contribution in [0.4, 0.5) is 0 Å². The first kappa shape index (κ1) is 17.9. The molecule has 1 rings (SSSR count). The predicted octanol–water partition coefficient (Wildman–Crippen LogP) is 2.84. The number of hydrogen-bond acceptors (Lipinski definition) is 3. The summed E-state index contributed by atoms with van der Waals surface area (Å²) in [5.74, 6) is 0.692. The second-order valence-electron chi connectivity index (χ2n) is 7.56. The van der Waals surface area contributed by atoms with E-state index in [0.29, 0.717) is 17.9 Å². The third kappa shape index (κ3) is 7.61. The second-order valence-corrected chi connectivity index (χ2v) is 7.56. The van der Waals surface area contributed by atoms with Crippen LogP contribution < -0.4 is 0 Å². The summed E-state index contributed by atoms with van der Waals surface area (Å²) >= 11 is 0. The van der Waals surface area contributed by atoms with Gasteiger partial charge in [0.05, 0.1) is 0 Å². The SMILES string of the molecule is CCN1CCN(CCC[C@@H](CCO)CC(C)(C)C)CC1. The quantitative estimate of drug-likeness (QED) is 0.742. The van der Waals surface area contributed by atoms with Crippen LogP contribution in [-0.4, -0.2) is 60.8 Å². The highest BCUT2D eigenvalue weighted by atomic mass is 16.3. The molecule has 1 heterocycles.